The third-order valence-electron chi connectivity index (χ3n) is 6.14. The molecule has 162 valence electrons. The Labute approximate surface area is 188 Å². The van der Waals surface area contributed by atoms with Crippen molar-refractivity contribution in [3.8, 4) is 5.69 Å². The SMILES string of the molecule is CC(C)c1ccc([C@H]2c3cccn3-c3ccccc3CN2C(=O)NCc2ccco2)cc1. The summed E-state index contributed by atoms with van der Waals surface area (Å²) in [4.78, 5) is 15.4. The molecule has 5 heteroatoms. The molecule has 1 aliphatic rings. The van der Waals surface area contributed by atoms with Crippen LogP contribution in [0.4, 0.5) is 4.79 Å². The zero-order valence-corrected chi connectivity index (χ0v) is 18.4. The summed E-state index contributed by atoms with van der Waals surface area (Å²) in [6.07, 6.45) is 3.70. The average Bonchev–Trinajstić information content (AvgIpc) is 3.48. The molecule has 3 heterocycles. The van der Waals surface area contributed by atoms with Gasteiger partial charge in [0, 0.05) is 11.9 Å². The van der Waals surface area contributed by atoms with E-state index in [4.69, 9.17) is 4.42 Å². The molecule has 0 saturated carbocycles. The zero-order valence-electron chi connectivity index (χ0n) is 18.4. The van der Waals surface area contributed by atoms with Gasteiger partial charge in [-0.3, -0.25) is 0 Å². The van der Waals surface area contributed by atoms with Crippen LogP contribution in [0.5, 0.6) is 0 Å². The predicted molar refractivity (Wildman–Crippen MR) is 125 cm³/mol. The smallest absolute Gasteiger partial charge is 0.318 e. The molecule has 5 rings (SSSR count). The van der Waals surface area contributed by atoms with Gasteiger partial charge < -0.3 is 19.2 Å². The number of nitrogens with one attached hydrogen (secondary N) is 1. The van der Waals surface area contributed by atoms with Crippen molar-refractivity contribution in [2.24, 2.45) is 0 Å². The molecule has 1 N–H and O–H groups in total. The molecule has 2 aromatic heterocycles. The van der Waals surface area contributed by atoms with Crippen molar-refractivity contribution >= 4 is 6.03 Å². The molecule has 1 atom stereocenters. The Balaban J connectivity index is 1.57. The molecule has 2 amide bonds. The van der Waals surface area contributed by atoms with E-state index in [1.54, 1.807) is 6.26 Å². The Morgan fingerprint density at radius 3 is 2.59 bits per heavy atom. The van der Waals surface area contributed by atoms with Gasteiger partial charge >= 0.3 is 6.03 Å². The number of para-hydroxylation sites is 1. The van der Waals surface area contributed by atoms with E-state index >= 15 is 0 Å². The number of aromatic nitrogens is 1. The van der Waals surface area contributed by atoms with Crippen LogP contribution in [0.15, 0.2) is 89.7 Å². The predicted octanol–water partition coefficient (Wildman–Crippen LogP) is 6.01. The van der Waals surface area contributed by atoms with Gasteiger partial charge in [-0.25, -0.2) is 4.79 Å². The highest BCUT2D eigenvalue weighted by molar-refractivity contribution is 5.76. The summed E-state index contributed by atoms with van der Waals surface area (Å²) in [6.45, 7) is 5.25. The molecule has 0 saturated heterocycles. The minimum Gasteiger partial charge on any atom is -0.467 e. The van der Waals surface area contributed by atoms with E-state index in [1.165, 1.54) is 5.56 Å². The second-order valence-corrected chi connectivity index (χ2v) is 8.52. The topological polar surface area (TPSA) is 50.4 Å². The first-order valence-corrected chi connectivity index (χ1v) is 11.0. The summed E-state index contributed by atoms with van der Waals surface area (Å²) in [5, 5.41) is 3.05. The fourth-order valence-corrected chi connectivity index (χ4v) is 4.43. The zero-order chi connectivity index (χ0) is 22.1. The third kappa shape index (κ3) is 3.71. The van der Waals surface area contributed by atoms with Gasteiger partial charge in [0.1, 0.15) is 5.76 Å². The number of fused-ring (bicyclic) bond motifs is 3. The number of hydrogen-bond donors (Lipinski definition) is 1. The van der Waals surface area contributed by atoms with E-state index in [2.05, 4.69) is 72.4 Å². The van der Waals surface area contributed by atoms with Crippen molar-refractivity contribution in [3.63, 3.8) is 0 Å². The van der Waals surface area contributed by atoms with Crippen LogP contribution in [0.1, 0.15) is 54.0 Å². The summed E-state index contributed by atoms with van der Waals surface area (Å²) >= 11 is 0. The number of urea groups is 1. The molecule has 4 aromatic rings. The van der Waals surface area contributed by atoms with Crippen LogP contribution in [0.3, 0.4) is 0 Å². The minimum absolute atomic E-state index is 0.121. The fraction of sp³-hybridized carbons (Fsp3) is 0.222. The standard InChI is InChI=1S/C27H27N3O2/c1-19(2)20-11-13-21(14-12-20)26-25-10-5-15-29(25)24-9-4-3-7-22(24)18-30(26)27(31)28-17-23-8-6-16-32-23/h3-16,19,26H,17-18H2,1-2H3,(H,28,31)/t26-/m0/s1. The lowest BCUT2D eigenvalue weighted by molar-refractivity contribution is 0.179. The van der Waals surface area contributed by atoms with Crippen LogP contribution in [-0.2, 0) is 13.1 Å². The van der Waals surface area contributed by atoms with E-state index in [0.29, 0.717) is 19.0 Å². The van der Waals surface area contributed by atoms with Gasteiger partial charge in [-0.05, 0) is 52.9 Å². The number of carbonyl (C=O) groups is 1. The van der Waals surface area contributed by atoms with E-state index in [-0.39, 0.29) is 12.1 Å². The van der Waals surface area contributed by atoms with E-state index < -0.39 is 0 Å². The van der Waals surface area contributed by atoms with Gasteiger partial charge in [0.05, 0.1) is 31.1 Å². The lowest BCUT2D eigenvalue weighted by atomic mass is 9.97. The van der Waals surface area contributed by atoms with Crippen LogP contribution in [0.25, 0.3) is 5.69 Å². The van der Waals surface area contributed by atoms with Crippen molar-refractivity contribution in [2.45, 2.75) is 38.9 Å². The Morgan fingerprint density at radius 2 is 1.84 bits per heavy atom. The van der Waals surface area contributed by atoms with Gasteiger partial charge in [0.2, 0.25) is 0 Å². The monoisotopic (exact) mass is 425 g/mol. The summed E-state index contributed by atoms with van der Waals surface area (Å²) < 4.78 is 7.61. The van der Waals surface area contributed by atoms with E-state index in [9.17, 15) is 4.79 Å². The van der Waals surface area contributed by atoms with Crippen LogP contribution in [-0.4, -0.2) is 15.5 Å². The number of amides is 2. The lowest BCUT2D eigenvalue weighted by Gasteiger charge is -2.31. The first kappa shape index (κ1) is 20.2. The maximum atomic E-state index is 13.5. The molecule has 0 bridgehead atoms. The van der Waals surface area contributed by atoms with Crippen molar-refractivity contribution in [2.75, 3.05) is 0 Å². The van der Waals surface area contributed by atoms with Crippen molar-refractivity contribution in [3.05, 3.63) is 113 Å². The maximum Gasteiger partial charge on any atom is 0.318 e. The molecule has 1 aliphatic heterocycles. The van der Waals surface area contributed by atoms with Gasteiger partial charge in [-0.1, -0.05) is 56.3 Å². The quantitative estimate of drug-likeness (QED) is 0.435. The van der Waals surface area contributed by atoms with Crippen LogP contribution < -0.4 is 5.32 Å². The third-order valence-corrected chi connectivity index (χ3v) is 6.14. The summed E-state index contributed by atoms with van der Waals surface area (Å²) in [7, 11) is 0. The first-order valence-electron chi connectivity index (χ1n) is 11.0. The second-order valence-electron chi connectivity index (χ2n) is 8.52. The largest absolute Gasteiger partial charge is 0.467 e. The number of benzene rings is 2. The lowest BCUT2D eigenvalue weighted by Crippen LogP contribution is -2.41. The molecule has 0 aliphatic carbocycles. The highest BCUT2D eigenvalue weighted by atomic mass is 16.3. The Kier molecular flexibility index (Phi) is 5.31. The Bertz CT molecular complexity index is 1210. The van der Waals surface area contributed by atoms with Crippen LogP contribution in [0.2, 0.25) is 0 Å². The molecule has 2 aromatic carbocycles. The average molecular weight is 426 g/mol. The maximum absolute atomic E-state index is 13.5. The van der Waals surface area contributed by atoms with Gasteiger partial charge in [-0.15, -0.1) is 0 Å². The molecule has 0 fully saturated rings. The van der Waals surface area contributed by atoms with Gasteiger partial charge in [-0.2, -0.15) is 0 Å². The van der Waals surface area contributed by atoms with Crippen LogP contribution in [0, 0.1) is 0 Å². The number of hydrogen-bond acceptors (Lipinski definition) is 2. The van der Waals surface area contributed by atoms with Gasteiger partial charge in [0.25, 0.3) is 0 Å². The number of nitrogens with zero attached hydrogens (tertiary/aromatic N) is 2. The molecule has 32 heavy (non-hydrogen) atoms. The molecule has 5 nitrogen and oxygen atoms in total. The van der Waals surface area contributed by atoms with Crippen LogP contribution >= 0.6 is 0 Å². The van der Waals surface area contributed by atoms with E-state index in [1.807, 2.05) is 35.2 Å². The molecular formula is C27H27N3O2. The summed E-state index contributed by atoms with van der Waals surface area (Å²) in [6, 6.07) is 24.4. The molecule has 0 radical (unpaired) electrons. The molecule has 0 spiro atoms. The number of furan rings is 1. The highest BCUT2D eigenvalue weighted by Gasteiger charge is 2.32. The molecular weight excluding hydrogens is 398 g/mol. The second kappa shape index (κ2) is 8.42. The number of carbonyl (C=O) groups excluding carboxylic acids is 1. The number of rotatable bonds is 4. The fourth-order valence-electron chi connectivity index (χ4n) is 4.43. The van der Waals surface area contributed by atoms with Crippen molar-refractivity contribution in [1.29, 1.82) is 0 Å². The van der Waals surface area contributed by atoms with Gasteiger partial charge in [0.15, 0.2) is 0 Å². The minimum atomic E-state index is -0.213. The van der Waals surface area contributed by atoms with E-state index in [0.717, 1.165) is 28.3 Å². The Morgan fingerprint density at radius 1 is 1.03 bits per heavy atom. The first-order chi connectivity index (χ1) is 15.6. The Hall–Kier alpha value is -3.73. The highest BCUT2D eigenvalue weighted by Crippen LogP contribution is 2.37. The van der Waals surface area contributed by atoms with Crippen molar-refractivity contribution in [1.82, 2.24) is 14.8 Å². The molecule has 0 unspecified atom stereocenters. The summed E-state index contributed by atoms with van der Waals surface area (Å²) in [5.41, 5.74) is 5.67. The van der Waals surface area contributed by atoms with Crippen molar-refractivity contribution < 1.29 is 9.21 Å². The normalized spacial score (nSPS) is 15.2. The summed E-state index contributed by atoms with van der Waals surface area (Å²) in [5.74, 6) is 1.19.